The zero-order valence-electron chi connectivity index (χ0n) is 15.5. The van der Waals surface area contributed by atoms with Crippen LogP contribution in [0.4, 0.5) is 10.1 Å². The summed E-state index contributed by atoms with van der Waals surface area (Å²) in [5, 5.41) is 9.60. The summed E-state index contributed by atoms with van der Waals surface area (Å²) in [5.41, 5.74) is 1.51. The average molecular weight is 388 g/mol. The summed E-state index contributed by atoms with van der Waals surface area (Å²) in [4.78, 5) is 19.1. The topological polar surface area (TPSA) is 62.1 Å². The predicted molar refractivity (Wildman–Crippen MR) is 110 cm³/mol. The monoisotopic (exact) mass is 388 g/mol. The first-order chi connectivity index (χ1) is 14.1. The lowest BCUT2D eigenvalue weighted by Crippen LogP contribution is -2.32. The molecular formula is C23H17FN2O3. The number of carbonyl (C=O) groups excluding carboxylic acids is 1. The highest BCUT2D eigenvalue weighted by molar-refractivity contribution is 6.33. The van der Waals surface area contributed by atoms with Crippen LogP contribution in [0.2, 0.25) is 0 Å². The fourth-order valence-corrected chi connectivity index (χ4v) is 3.11. The van der Waals surface area contributed by atoms with Crippen molar-refractivity contribution in [3.63, 3.8) is 0 Å². The molecule has 0 aliphatic carbocycles. The number of phenols is 1. The van der Waals surface area contributed by atoms with Gasteiger partial charge in [0, 0.05) is 5.56 Å². The Morgan fingerprint density at radius 3 is 2.41 bits per heavy atom. The molecule has 0 unspecified atom stereocenters. The van der Waals surface area contributed by atoms with Crippen molar-refractivity contribution in [1.29, 1.82) is 0 Å². The Morgan fingerprint density at radius 1 is 1.00 bits per heavy atom. The molecule has 3 aromatic rings. The molecule has 0 saturated carbocycles. The maximum atomic E-state index is 14.1. The van der Waals surface area contributed by atoms with Crippen LogP contribution in [-0.2, 0) is 4.79 Å². The lowest BCUT2D eigenvalue weighted by Gasteiger charge is -2.19. The Kier molecular flexibility index (Phi) is 4.83. The standard InChI is InChI=1S/C23H17FN2O3/c1-29-21-9-5-3-7-18(21)22-25-20(14-15-6-2-4-8-19(15)24)23(28)26(22)16-10-12-17(27)13-11-16/h2-14,27H,1H3/b20-14+. The predicted octanol–water partition coefficient (Wildman–Crippen LogP) is 4.37. The van der Waals surface area contributed by atoms with Gasteiger partial charge in [0.2, 0.25) is 0 Å². The molecule has 3 aromatic carbocycles. The van der Waals surface area contributed by atoms with E-state index in [9.17, 15) is 14.3 Å². The number of carbonyl (C=O) groups is 1. The van der Waals surface area contributed by atoms with Crippen molar-refractivity contribution in [2.24, 2.45) is 4.99 Å². The van der Waals surface area contributed by atoms with Gasteiger partial charge in [0.15, 0.2) is 5.84 Å². The van der Waals surface area contributed by atoms with Gasteiger partial charge in [0.1, 0.15) is 23.0 Å². The van der Waals surface area contributed by atoms with Gasteiger partial charge in [0.05, 0.1) is 18.4 Å². The van der Waals surface area contributed by atoms with Crippen LogP contribution < -0.4 is 9.64 Å². The van der Waals surface area contributed by atoms with Crippen LogP contribution in [0.3, 0.4) is 0 Å². The molecular weight excluding hydrogens is 371 g/mol. The molecule has 1 aliphatic heterocycles. The van der Waals surface area contributed by atoms with E-state index < -0.39 is 11.7 Å². The first-order valence-electron chi connectivity index (χ1n) is 8.90. The fraction of sp³-hybridized carbons (Fsp3) is 0.0435. The van der Waals surface area contributed by atoms with E-state index in [1.807, 2.05) is 12.1 Å². The third-order valence-electron chi connectivity index (χ3n) is 4.51. The summed E-state index contributed by atoms with van der Waals surface area (Å²) in [5.74, 6) is 0.152. The molecule has 0 fully saturated rings. The molecule has 1 heterocycles. The molecule has 4 rings (SSSR count). The molecule has 0 aromatic heterocycles. The normalized spacial score (nSPS) is 15.0. The number of benzene rings is 3. The number of hydrogen-bond donors (Lipinski definition) is 1. The summed E-state index contributed by atoms with van der Waals surface area (Å²) in [6.45, 7) is 0. The van der Waals surface area contributed by atoms with E-state index >= 15 is 0 Å². The number of amides is 1. The molecule has 0 radical (unpaired) electrons. The van der Waals surface area contributed by atoms with Crippen LogP contribution >= 0.6 is 0 Å². The van der Waals surface area contributed by atoms with Crippen molar-refractivity contribution in [2.75, 3.05) is 12.0 Å². The van der Waals surface area contributed by atoms with Crippen LogP contribution in [0.5, 0.6) is 11.5 Å². The number of hydrogen-bond acceptors (Lipinski definition) is 4. The molecule has 0 bridgehead atoms. The van der Waals surface area contributed by atoms with Crippen molar-refractivity contribution in [3.05, 3.63) is 95.4 Å². The SMILES string of the molecule is COc1ccccc1C1=N/C(=C/c2ccccc2F)C(=O)N1c1ccc(O)cc1. The molecule has 0 spiro atoms. The number of aromatic hydroxyl groups is 1. The summed E-state index contributed by atoms with van der Waals surface area (Å²) in [6, 6.07) is 19.6. The maximum absolute atomic E-state index is 14.1. The van der Waals surface area contributed by atoms with Gasteiger partial charge in [0.25, 0.3) is 5.91 Å². The third-order valence-corrected chi connectivity index (χ3v) is 4.51. The Labute approximate surface area is 167 Å². The largest absolute Gasteiger partial charge is 0.508 e. The van der Waals surface area contributed by atoms with E-state index in [0.29, 0.717) is 22.8 Å². The van der Waals surface area contributed by atoms with Crippen LogP contribution in [-0.4, -0.2) is 24.0 Å². The molecule has 6 heteroatoms. The molecule has 0 atom stereocenters. The number of ether oxygens (including phenoxy) is 1. The van der Waals surface area contributed by atoms with E-state index in [0.717, 1.165) is 0 Å². The van der Waals surface area contributed by atoms with Gasteiger partial charge in [-0.2, -0.15) is 0 Å². The van der Waals surface area contributed by atoms with E-state index in [4.69, 9.17) is 4.74 Å². The van der Waals surface area contributed by atoms with E-state index in [1.165, 1.54) is 36.3 Å². The Hall–Kier alpha value is -3.93. The molecule has 5 nitrogen and oxygen atoms in total. The Bertz CT molecular complexity index is 1140. The Balaban J connectivity index is 1.88. The van der Waals surface area contributed by atoms with Crippen LogP contribution in [0, 0.1) is 5.82 Å². The van der Waals surface area contributed by atoms with Crippen molar-refractivity contribution < 1.29 is 19.0 Å². The zero-order chi connectivity index (χ0) is 20.4. The minimum absolute atomic E-state index is 0.0818. The van der Waals surface area contributed by atoms with Crippen molar-refractivity contribution >= 4 is 23.5 Å². The zero-order valence-corrected chi connectivity index (χ0v) is 15.5. The fourth-order valence-electron chi connectivity index (χ4n) is 3.11. The number of para-hydroxylation sites is 1. The molecule has 1 aliphatic rings. The minimum Gasteiger partial charge on any atom is -0.508 e. The van der Waals surface area contributed by atoms with Crippen molar-refractivity contribution in [2.45, 2.75) is 0 Å². The van der Waals surface area contributed by atoms with Gasteiger partial charge in [-0.3, -0.25) is 9.69 Å². The van der Waals surface area contributed by atoms with Crippen LogP contribution in [0.1, 0.15) is 11.1 Å². The van der Waals surface area contributed by atoms with E-state index in [-0.39, 0.29) is 17.0 Å². The average Bonchev–Trinajstić information content (AvgIpc) is 3.06. The van der Waals surface area contributed by atoms with E-state index in [2.05, 4.69) is 4.99 Å². The Morgan fingerprint density at radius 2 is 1.69 bits per heavy atom. The lowest BCUT2D eigenvalue weighted by molar-refractivity contribution is -0.113. The number of rotatable bonds is 4. The molecule has 1 amide bonds. The summed E-state index contributed by atoms with van der Waals surface area (Å²) >= 11 is 0. The first-order valence-corrected chi connectivity index (χ1v) is 8.90. The number of amidine groups is 1. The number of halogens is 1. The summed E-state index contributed by atoms with van der Waals surface area (Å²) < 4.78 is 19.5. The van der Waals surface area contributed by atoms with Crippen LogP contribution in [0.25, 0.3) is 6.08 Å². The van der Waals surface area contributed by atoms with E-state index in [1.54, 1.807) is 42.5 Å². The van der Waals surface area contributed by atoms with Gasteiger partial charge in [-0.1, -0.05) is 30.3 Å². The quantitative estimate of drug-likeness (QED) is 0.675. The minimum atomic E-state index is -0.440. The molecule has 1 N–H and O–H groups in total. The number of anilines is 1. The van der Waals surface area contributed by atoms with Crippen LogP contribution in [0.15, 0.2) is 83.5 Å². The number of phenolic OH excluding ortho intramolecular Hbond substituents is 1. The van der Waals surface area contributed by atoms with Gasteiger partial charge in [-0.15, -0.1) is 0 Å². The highest BCUT2D eigenvalue weighted by atomic mass is 19.1. The summed E-state index contributed by atoms with van der Waals surface area (Å²) in [6.07, 6.45) is 1.42. The first kappa shape index (κ1) is 18.4. The summed E-state index contributed by atoms with van der Waals surface area (Å²) in [7, 11) is 1.54. The smallest absolute Gasteiger partial charge is 0.282 e. The highest BCUT2D eigenvalue weighted by Crippen LogP contribution is 2.32. The van der Waals surface area contributed by atoms with Crippen molar-refractivity contribution in [1.82, 2.24) is 0 Å². The van der Waals surface area contributed by atoms with Crippen molar-refractivity contribution in [3.8, 4) is 11.5 Å². The van der Waals surface area contributed by atoms with Gasteiger partial charge >= 0.3 is 0 Å². The molecule has 0 saturated heterocycles. The molecule has 144 valence electrons. The van der Waals surface area contributed by atoms with Gasteiger partial charge < -0.3 is 9.84 Å². The maximum Gasteiger partial charge on any atom is 0.282 e. The third kappa shape index (κ3) is 3.48. The second-order valence-corrected chi connectivity index (χ2v) is 6.34. The number of nitrogens with zero attached hydrogens (tertiary/aromatic N) is 2. The second-order valence-electron chi connectivity index (χ2n) is 6.34. The number of aliphatic imine (C=N–C) groups is 1. The highest BCUT2D eigenvalue weighted by Gasteiger charge is 2.34. The lowest BCUT2D eigenvalue weighted by atomic mass is 10.1. The second kappa shape index (κ2) is 7.59. The molecule has 29 heavy (non-hydrogen) atoms. The van der Waals surface area contributed by atoms with Gasteiger partial charge in [-0.25, -0.2) is 9.38 Å². The number of methoxy groups -OCH3 is 1. The van der Waals surface area contributed by atoms with Gasteiger partial charge in [-0.05, 0) is 48.5 Å².